The fraction of sp³-hybridized carbons (Fsp3) is 0. The molecule has 0 saturated carbocycles. The molecule has 0 aliphatic heterocycles. The van der Waals surface area contributed by atoms with Gasteiger partial charge in [0.2, 0.25) is 9.84 Å². The molecule has 29 heavy (non-hydrogen) atoms. The largest absolute Gasteiger partial charge is 0.360 e. The summed E-state index contributed by atoms with van der Waals surface area (Å²) in [6, 6.07) is 18.5. The molecule has 0 saturated heterocycles. The molecule has 0 heterocycles. The van der Waals surface area contributed by atoms with Crippen LogP contribution in [0.2, 0.25) is 0 Å². The second-order valence-electron chi connectivity index (χ2n) is 5.40. The van der Waals surface area contributed by atoms with E-state index >= 15 is 0 Å². The summed E-state index contributed by atoms with van der Waals surface area (Å²) in [4.78, 5) is 0.148. The van der Waals surface area contributed by atoms with E-state index < -0.39 is 9.84 Å². The number of hydrogen-bond donors (Lipinski definition) is 2. The quantitative estimate of drug-likeness (QED) is 0.701. The zero-order chi connectivity index (χ0) is 21.3. The number of sulfone groups is 1. The first kappa shape index (κ1) is 20.7. The van der Waals surface area contributed by atoms with Gasteiger partial charge >= 0.3 is 0 Å². The predicted octanol–water partition coefficient (Wildman–Crippen LogP) is 3.21. The van der Waals surface area contributed by atoms with Gasteiger partial charge in [0.15, 0.2) is 0 Å². The second kappa shape index (κ2) is 9.39. The first-order chi connectivity index (χ1) is 13.9. The number of benzene rings is 2. The number of hydrogen-bond acceptors (Lipinski definition) is 8. The molecule has 0 aromatic heterocycles. The van der Waals surface area contributed by atoms with Gasteiger partial charge in [0, 0.05) is 23.8 Å². The number of allylic oxidation sites excluding steroid dienone is 2. The zero-order valence-electron chi connectivity index (χ0n) is 14.8. The second-order valence-corrected chi connectivity index (χ2v) is 7.35. The van der Waals surface area contributed by atoms with Crippen molar-refractivity contribution in [3.8, 4) is 24.3 Å². The third kappa shape index (κ3) is 5.21. The van der Waals surface area contributed by atoms with Gasteiger partial charge in [-0.25, -0.2) is 8.42 Å². The molecular formula is C20H12N6O2S. The average molecular weight is 400 g/mol. The molecule has 0 aliphatic carbocycles. The van der Waals surface area contributed by atoms with E-state index in [1.165, 1.54) is 60.9 Å². The van der Waals surface area contributed by atoms with Crippen LogP contribution in [-0.4, -0.2) is 8.42 Å². The van der Waals surface area contributed by atoms with Gasteiger partial charge in [-0.05, 0) is 48.5 Å². The van der Waals surface area contributed by atoms with E-state index in [9.17, 15) is 8.42 Å². The van der Waals surface area contributed by atoms with E-state index in [0.717, 1.165) is 0 Å². The van der Waals surface area contributed by atoms with Crippen molar-refractivity contribution < 1.29 is 8.42 Å². The summed E-state index contributed by atoms with van der Waals surface area (Å²) in [6.45, 7) is 0. The first-order valence-corrected chi connectivity index (χ1v) is 9.42. The number of nitriles is 4. The van der Waals surface area contributed by atoms with Crippen LogP contribution in [0.4, 0.5) is 11.4 Å². The summed E-state index contributed by atoms with van der Waals surface area (Å²) < 4.78 is 25.5. The van der Waals surface area contributed by atoms with Crippen molar-refractivity contribution in [3.63, 3.8) is 0 Å². The lowest BCUT2D eigenvalue weighted by molar-refractivity contribution is 0.596. The van der Waals surface area contributed by atoms with Gasteiger partial charge in [-0.2, -0.15) is 21.0 Å². The van der Waals surface area contributed by atoms with Gasteiger partial charge in [-0.3, -0.25) is 0 Å². The van der Waals surface area contributed by atoms with Crippen LogP contribution in [0.25, 0.3) is 0 Å². The van der Waals surface area contributed by atoms with Crippen LogP contribution in [0, 0.1) is 45.3 Å². The molecule has 9 heteroatoms. The van der Waals surface area contributed by atoms with Crippen LogP contribution in [-0.2, 0) is 9.84 Å². The molecule has 0 radical (unpaired) electrons. The minimum absolute atomic E-state index is 0.0738. The standard InChI is InChI=1S/C20H12N6O2S/c21-9-15(10-22)13-25-17-1-5-19(6-2-17)29(27,28)20-7-3-18(4-8-20)26-14-16(11-23)12-24/h1-8,13-14,25-26H. The Morgan fingerprint density at radius 2 is 0.966 bits per heavy atom. The molecule has 2 N–H and O–H groups in total. The van der Waals surface area contributed by atoms with Gasteiger partial charge < -0.3 is 10.6 Å². The minimum Gasteiger partial charge on any atom is -0.360 e. The van der Waals surface area contributed by atoms with Crippen molar-refractivity contribution in [2.45, 2.75) is 9.79 Å². The first-order valence-electron chi connectivity index (χ1n) is 7.93. The summed E-state index contributed by atoms with van der Waals surface area (Å²) in [6.07, 6.45) is 2.46. The topological polar surface area (TPSA) is 153 Å². The molecule has 140 valence electrons. The van der Waals surface area contributed by atoms with Crippen LogP contribution in [0.15, 0.2) is 81.9 Å². The molecule has 8 nitrogen and oxygen atoms in total. The summed E-state index contributed by atoms with van der Waals surface area (Å²) >= 11 is 0. The maximum Gasteiger partial charge on any atom is 0.206 e. The van der Waals surface area contributed by atoms with Crippen LogP contribution in [0.3, 0.4) is 0 Å². The lowest BCUT2D eigenvalue weighted by Gasteiger charge is -2.07. The van der Waals surface area contributed by atoms with Crippen molar-refractivity contribution in [1.82, 2.24) is 0 Å². The molecule has 0 amide bonds. The highest BCUT2D eigenvalue weighted by Crippen LogP contribution is 2.24. The Morgan fingerprint density at radius 3 is 1.24 bits per heavy atom. The Hall–Kier alpha value is -4.57. The van der Waals surface area contributed by atoms with E-state index in [-0.39, 0.29) is 20.9 Å². The van der Waals surface area contributed by atoms with Gasteiger partial charge in [0.25, 0.3) is 0 Å². The normalized spacial score (nSPS) is 9.52. The molecule has 2 aromatic carbocycles. The lowest BCUT2D eigenvalue weighted by Crippen LogP contribution is -2.02. The van der Waals surface area contributed by atoms with E-state index in [1.807, 2.05) is 0 Å². The molecule has 0 spiro atoms. The van der Waals surface area contributed by atoms with E-state index in [1.54, 1.807) is 24.3 Å². The van der Waals surface area contributed by atoms with Crippen LogP contribution >= 0.6 is 0 Å². The fourth-order valence-electron chi connectivity index (χ4n) is 2.09. The predicted molar refractivity (Wildman–Crippen MR) is 104 cm³/mol. The highest BCUT2D eigenvalue weighted by molar-refractivity contribution is 7.91. The number of rotatable bonds is 6. The summed E-state index contributed by atoms with van der Waals surface area (Å²) in [5, 5.41) is 40.2. The minimum atomic E-state index is -3.75. The lowest BCUT2D eigenvalue weighted by atomic mass is 10.3. The third-order valence-electron chi connectivity index (χ3n) is 3.58. The molecule has 0 bridgehead atoms. The Bertz CT molecular complexity index is 1110. The summed E-state index contributed by atoms with van der Waals surface area (Å²) in [7, 11) is -3.75. The van der Waals surface area contributed by atoms with Crippen molar-refractivity contribution in [3.05, 3.63) is 72.1 Å². The SMILES string of the molecule is N#CC(C#N)=CNc1ccc(S(=O)(=O)c2ccc(NC=C(C#N)C#N)cc2)cc1. The zero-order valence-corrected chi connectivity index (χ0v) is 15.6. The van der Waals surface area contributed by atoms with Crippen molar-refractivity contribution in [1.29, 1.82) is 21.0 Å². The molecule has 0 fully saturated rings. The molecule has 0 unspecified atom stereocenters. The monoisotopic (exact) mass is 400 g/mol. The van der Waals surface area contributed by atoms with Crippen molar-refractivity contribution >= 4 is 21.2 Å². The van der Waals surface area contributed by atoms with Crippen LogP contribution in [0.1, 0.15) is 0 Å². The van der Waals surface area contributed by atoms with Gasteiger partial charge in [0.1, 0.15) is 35.4 Å². The Labute approximate surface area is 167 Å². The van der Waals surface area contributed by atoms with E-state index in [4.69, 9.17) is 21.0 Å². The van der Waals surface area contributed by atoms with Gasteiger partial charge in [0.05, 0.1) is 9.79 Å². The molecular weight excluding hydrogens is 388 g/mol. The Balaban J connectivity index is 2.19. The van der Waals surface area contributed by atoms with Crippen molar-refractivity contribution in [2.75, 3.05) is 10.6 Å². The van der Waals surface area contributed by atoms with Gasteiger partial charge in [-0.1, -0.05) is 0 Å². The maximum absolute atomic E-state index is 12.7. The summed E-state index contributed by atoms with van der Waals surface area (Å²) in [5.41, 5.74) is 0.817. The van der Waals surface area contributed by atoms with E-state index in [2.05, 4.69) is 10.6 Å². The van der Waals surface area contributed by atoms with Crippen LogP contribution < -0.4 is 10.6 Å². The summed E-state index contributed by atoms with van der Waals surface area (Å²) in [5.74, 6) is 0. The highest BCUT2D eigenvalue weighted by atomic mass is 32.2. The van der Waals surface area contributed by atoms with E-state index in [0.29, 0.717) is 11.4 Å². The molecule has 2 aromatic rings. The number of nitrogens with zero attached hydrogens (tertiary/aromatic N) is 4. The number of anilines is 2. The van der Waals surface area contributed by atoms with Gasteiger partial charge in [-0.15, -0.1) is 0 Å². The Morgan fingerprint density at radius 1 is 0.655 bits per heavy atom. The highest BCUT2D eigenvalue weighted by Gasteiger charge is 2.17. The molecule has 0 atom stereocenters. The maximum atomic E-state index is 12.7. The number of nitrogens with one attached hydrogen (secondary N) is 2. The smallest absolute Gasteiger partial charge is 0.206 e. The molecule has 0 aliphatic rings. The van der Waals surface area contributed by atoms with Crippen molar-refractivity contribution in [2.24, 2.45) is 0 Å². The van der Waals surface area contributed by atoms with Crippen LogP contribution in [0.5, 0.6) is 0 Å². The third-order valence-corrected chi connectivity index (χ3v) is 5.36. The average Bonchev–Trinajstić information content (AvgIpc) is 2.76. The Kier molecular flexibility index (Phi) is 6.72. The molecule has 2 rings (SSSR count). The fourth-order valence-corrected chi connectivity index (χ4v) is 3.35.